The third kappa shape index (κ3) is 6.22. The molecule has 158 valence electrons. The summed E-state index contributed by atoms with van der Waals surface area (Å²) in [5, 5.41) is 1.21. The summed E-state index contributed by atoms with van der Waals surface area (Å²) in [7, 11) is 0. The summed E-state index contributed by atoms with van der Waals surface area (Å²) in [6.07, 6.45) is -4.51. The molecule has 1 aromatic heterocycles. The number of alkyl halides is 3. The van der Waals surface area contributed by atoms with Crippen molar-refractivity contribution in [1.82, 2.24) is 0 Å². The molecule has 0 unspecified atom stereocenters. The molecule has 0 saturated heterocycles. The molecule has 0 saturated carbocycles. The van der Waals surface area contributed by atoms with Gasteiger partial charge in [-0.15, -0.1) is 0 Å². The molecule has 0 aliphatic heterocycles. The molecule has 0 amide bonds. The van der Waals surface area contributed by atoms with Crippen molar-refractivity contribution in [2.45, 2.75) is 32.5 Å². The van der Waals surface area contributed by atoms with Crippen LogP contribution in [-0.4, -0.2) is 19.5 Å². The van der Waals surface area contributed by atoms with E-state index >= 15 is 0 Å². The van der Waals surface area contributed by atoms with Crippen molar-refractivity contribution in [2.24, 2.45) is 0 Å². The number of rotatable bonds is 0. The van der Waals surface area contributed by atoms with E-state index in [0.717, 1.165) is 5.56 Å². The Morgan fingerprint density at radius 3 is 1.64 bits per heavy atom. The van der Waals surface area contributed by atoms with E-state index in [0.29, 0.717) is 10.8 Å². The van der Waals surface area contributed by atoms with Crippen molar-refractivity contribution in [3.8, 4) is 0 Å². The van der Waals surface area contributed by atoms with Gasteiger partial charge in [-0.3, -0.25) is 0 Å². The van der Waals surface area contributed by atoms with Crippen molar-refractivity contribution in [1.29, 1.82) is 0 Å². The van der Waals surface area contributed by atoms with Gasteiger partial charge in [-0.1, -0.05) is 46.1 Å². The van der Waals surface area contributed by atoms with E-state index in [1.165, 1.54) is 16.2 Å². The first kappa shape index (κ1) is 22.7. The molecular weight excluding hydrogens is 513 g/mol. The van der Waals surface area contributed by atoms with Crippen molar-refractivity contribution in [2.75, 3.05) is 0 Å². The molecule has 0 aliphatic carbocycles. The molecule has 0 atom stereocenters. The predicted molar refractivity (Wildman–Crippen MR) is 90.7 cm³/mol. The zero-order valence-corrected chi connectivity index (χ0v) is 17.4. The van der Waals surface area contributed by atoms with E-state index < -0.39 is 25.8 Å². The Kier molecular flexibility index (Phi) is 4.84. The summed E-state index contributed by atoms with van der Waals surface area (Å²) in [5.74, 6) is 0. The molecule has 0 radical (unpaired) electrons. The molecule has 28 heavy (non-hydrogen) atoms. The fourth-order valence-corrected chi connectivity index (χ4v) is 2.62. The van der Waals surface area contributed by atoms with Gasteiger partial charge in [-0.25, -0.2) is 0 Å². The van der Waals surface area contributed by atoms with Gasteiger partial charge < -0.3 is 4.05 Å². The van der Waals surface area contributed by atoms with Crippen molar-refractivity contribution < 1.29 is 34.1 Å². The fraction of sp³-hybridized carbons (Fsp3) is 0.294. The number of benzene rings is 2. The van der Waals surface area contributed by atoms with Gasteiger partial charge in [0.05, 0.1) is 10.8 Å². The standard InChI is InChI=1S/C17H16F3O.6FH.Sb/c1-16(2,3)11-8-9-15-13(10-11)12-6-4-5-7-14(12)21(15)17(18,19)20;;;;;;;/h4-10H,1-3H3;6*1H;/q+1;;;;;;;+5/p-6. The van der Waals surface area contributed by atoms with Gasteiger partial charge in [0.2, 0.25) is 0 Å². The van der Waals surface area contributed by atoms with E-state index in [1.807, 2.05) is 26.8 Å². The summed E-state index contributed by atoms with van der Waals surface area (Å²) in [6.45, 7) is 6.14. The van der Waals surface area contributed by atoms with Crippen LogP contribution in [-0.2, 0) is 11.8 Å². The molecular formula is C17H16F9OSb. The molecule has 11 heteroatoms. The van der Waals surface area contributed by atoms with Crippen molar-refractivity contribution in [3.63, 3.8) is 0 Å². The van der Waals surface area contributed by atoms with Gasteiger partial charge in [-0.2, -0.15) is 0 Å². The van der Waals surface area contributed by atoms with Gasteiger partial charge in [0.25, 0.3) is 11.2 Å². The molecule has 1 nitrogen and oxygen atoms in total. The van der Waals surface area contributed by atoms with Crippen LogP contribution in [0.25, 0.3) is 21.9 Å². The summed E-state index contributed by atoms with van der Waals surface area (Å²) in [5.41, 5.74) is 1.14. The first-order valence-electron chi connectivity index (χ1n) is 7.76. The third-order valence-corrected chi connectivity index (χ3v) is 3.69. The Morgan fingerprint density at radius 1 is 0.714 bits per heavy atom. The minimum absolute atomic E-state index is 0.111. The van der Waals surface area contributed by atoms with Crippen molar-refractivity contribution >= 4 is 41.4 Å². The fourth-order valence-electron chi connectivity index (χ4n) is 2.62. The van der Waals surface area contributed by atoms with Gasteiger partial charge in [-0.05, 0) is 29.2 Å². The van der Waals surface area contributed by atoms with Crippen LogP contribution < -0.4 is 0 Å². The minimum atomic E-state index is -11.2. The molecule has 3 rings (SSSR count). The Bertz CT molecular complexity index is 1010. The average molecular weight is 529 g/mol. The quantitative estimate of drug-likeness (QED) is 0.157. The second-order valence-electron chi connectivity index (χ2n) is 7.17. The molecule has 0 spiro atoms. The number of furan rings is 1. The van der Waals surface area contributed by atoms with E-state index in [4.69, 9.17) is 0 Å². The van der Waals surface area contributed by atoms with E-state index in [-0.39, 0.29) is 16.6 Å². The molecule has 3 aromatic rings. The third-order valence-electron chi connectivity index (χ3n) is 3.69. The maximum atomic E-state index is 13.3. The monoisotopic (exact) mass is 528 g/mol. The van der Waals surface area contributed by atoms with E-state index in [9.17, 15) is 30.0 Å². The van der Waals surface area contributed by atoms with Crippen LogP contribution in [0, 0.1) is 0 Å². The Balaban J connectivity index is 0.000000345. The van der Waals surface area contributed by atoms with Crippen LogP contribution in [0.15, 0.2) is 46.5 Å². The molecule has 1 heterocycles. The van der Waals surface area contributed by atoms with Crippen LogP contribution in [0.3, 0.4) is 0 Å². The molecule has 0 bridgehead atoms. The Hall–Kier alpha value is -1.57. The predicted octanol–water partition coefficient (Wildman–Crippen LogP) is 8.19. The van der Waals surface area contributed by atoms with Crippen LogP contribution >= 0.6 is 0 Å². The summed E-state index contributed by atoms with van der Waals surface area (Å²) in [4.78, 5) is 0. The second-order valence-corrected chi connectivity index (χ2v) is 12.6. The number of hydrogen-bond acceptors (Lipinski definition) is 0. The first-order valence-corrected chi connectivity index (χ1v) is 13.5. The number of fused-ring (bicyclic) bond motifs is 3. The number of para-hydroxylation sites is 1. The average Bonchev–Trinajstić information content (AvgIpc) is 2.76. The van der Waals surface area contributed by atoms with Gasteiger partial charge in [0.1, 0.15) is 0 Å². The van der Waals surface area contributed by atoms with E-state index in [1.54, 1.807) is 24.3 Å². The Labute approximate surface area is 156 Å². The van der Waals surface area contributed by atoms with Gasteiger partial charge in [0.15, 0.2) is 0 Å². The van der Waals surface area contributed by atoms with Gasteiger partial charge >= 0.3 is 42.7 Å². The summed E-state index contributed by atoms with van der Waals surface area (Å²) < 4.78 is 101. The van der Waals surface area contributed by atoms with Crippen LogP contribution in [0.1, 0.15) is 26.3 Å². The second kappa shape index (κ2) is 5.97. The van der Waals surface area contributed by atoms with Crippen LogP contribution in [0.2, 0.25) is 0 Å². The number of halogens is 9. The van der Waals surface area contributed by atoms with E-state index in [2.05, 4.69) is 0 Å². The van der Waals surface area contributed by atoms with Crippen LogP contribution in [0.5, 0.6) is 0 Å². The summed E-state index contributed by atoms with van der Waals surface area (Å²) in [6, 6.07) is 11.7. The SMILES string of the molecule is CC(C)(C)c1ccc2c(c1)c1ccccc1[o+]2C(F)(F)F.[F][Sb-]([F])([F])([F])([F])[F]. The molecule has 0 aliphatic rings. The topological polar surface area (TPSA) is 2.70 Å². The van der Waals surface area contributed by atoms with Gasteiger partial charge in [0, 0.05) is 12.1 Å². The zero-order valence-electron chi connectivity index (χ0n) is 14.8. The molecule has 0 fully saturated rings. The Morgan fingerprint density at radius 2 is 1.18 bits per heavy atom. The van der Waals surface area contributed by atoms with Crippen molar-refractivity contribution in [3.05, 3.63) is 48.0 Å². The molecule has 2 aromatic carbocycles. The zero-order chi connectivity index (χ0) is 21.8. The molecule has 0 N–H and O–H groups in total. The first-order chi connectivity index (χ1) is 12.1. The summed E-state index contributed by atoms with van der Waals surface area (Å²) >= 11 is -11.2. The normalized spacial score (nSPS) is 15.7. The maximum absolute atomic E-state index is 13.3. The van der Waals surface area contributed by atoms with Crippen LogP contribution in [0.4, 0.5) is 30.0 Å². The number of hydrogen-bond donors (Lipinski definition) is 0.